The Labute approximate surface area is 110 Å². The lowest BCUT2D eigenvalue weighted by Crippen LogP contribution is -1.98. The van der Waals surface area contributed by atoms with Gasteiger partial charge in [0.15, 0.2) is 0 Å². The molecule has 0 aliphatic rings. The molecule has 5 heteroatoms. The quantitative estimate of drug-likeness (QED) is 0.689. The standard InChI is InChI=1S/C4H3BrS.C4H2S.BrH.Mg/c5-4-2-1-3-6-4;1-2-4-5-3-1;;/h1-3H;1-2H;1H;/q;;;+1/p-1. The fourth-order valence-corrected chi connectivity index (χ4v) is 4.21. The zero-order chi connectivity index (χ0) is 9.52. The fourth-order valence-electron chi connectivity index (χ4n) is 0.601. The lowest BCUT2D eigenvalue weighted by Gasteiger charge is -1.73. The molecule has 0 saturated heterocycles. The Morgan fingerprint density at radius 1 is 1.38 bits per heavy atom. The first-order chi connectivity index (χ1) is 6.33. The minimum atomic E-state index is -0.0667. The van der Waals surface area contributed by atoms with Gasteiger partial charge in [-0.1, -0.05) is 12.1 Å². The van der Waals surface area contributed by atoms with Crippen LogP contribution in [0.15, 0.2) is 33.4 Å². The van der Waals surface area contributed by atoms with Gasteiger partial charge in [0.1, 0.15) is 0 Å². The van der Waals surface area contributed by atoms with Crippen molar-refractivity contribution in [3.05, 3.63) is 38.8 Å². The van der Waals surface area contributed by atoms with Crippen molar-refractivity contribution < 1.29 is 0 Å². The monoisotopic (exact) mass is 347 g/mol. The Bertz CT molecular complexity index is 305. The highest BCUT2D eigenvalue weighted by Gasteiger charge is 1.91. The molecule has 0 unspecified atom stereocenters. The summed E-state index contributed by atoms with van der Waals surface area (Å²) in [4.78, 5) is 0. The van der Waals surface area contributed by atoms with E-state index in [-0.39, 0.29) is 18.2 Å². The van der Waals surface area contributed by atoms with Crippen molar-refractivity contribution in [2.45, 2.75) is 0 Å². The average molecular weight is 349 g/mol. The summed E-state index contributed by atoms with van der Waals surface area (Å²) in [7, 11) is 0. The van der Waals surface area contributed by atoms with Gasteiger partial charge < -0.3 is 0 Å². The van der Waals surface area contributed by atoms with Crippen LogP contribution < -0.4 is 3.01 Å². The summed E-state index contributed by atoms with van der Waals surface area (Å²) in [6, 6.07) is 8.11. The van der Waals surface area contributed by atoms with Crippen molar-refractivity contribution in [1.82, 2.24) is 0 Å². The number of thiophene rings is 2. The van der Waals surface area contributed by atoms with Crippen LogP contribution in [-0.2, 0) is 0 Å². The number of hydrogen-bond donors (Lipinski definition) is 0. The second kappa shape index (κ2) is 7.42. The van der Waals surface area contributed by atoms with E-state index in [4.69, 9.17) is 0 Å². The fraction of sp³-hybridized carbons (Fsp3) is 0. The SMILES string of the molecule is Brc1cccs1.[Br][Mg][c]1cc[c]s1. The number of hydrogen-bond acceptors (Lipinski definition) is 2. The van der Waals surface area contributed by atoms with Crippen LogP contribution in [-0.4, -0.2) is 18.2 Å². The summed E-state index contributed by atoms with van der Waals surface area (Å²) in [5.74, 6) is 0. The zero-order valence-corrected chi connectivity index (χ0v) is 12.9. The van der Waals surface area contributed by atoms with Crippen LogP contribution in [0.3, 0.4) is 0 Å². The van der Waals surface area contributed by atoms with Gasteiger partial charge in [0.05, 0.1) is 3.79 Å². The average Bonchev–Trinajstić information content (AvgIpc) is 2.76. The molecule has 2 aromatic rings. The molecule has 0 saturated carbocycles. The maximum atomic E-state index is 3.47. The van der Waals surface area contributed by atoms with E-state index in [0.717, 1.165) is 0 Å². The molecule has 0 bridgehead atoms. The molecule has 2 heterocycles. The Hall–Kier alpha value is 1.13. The van der Waals surface area contributed by atoms with Crippen LogP contribution in [0.4, 0.5) is 0 Å². The van der Waals surface area contributed by atoms with Crippen molar-refractivity contribution in [3.63, 3.8) is 0 Å². The van der Waals surface area contributed by atoms with E-state index in [1.54, 1.807) is 22.7 Å². The molecule has 0 aliphatic heterocycles. The molecule has 0 nitrogen and oxygen atoms in total. The lowest BCUT2D eigenvalue weighted by molar-refractivity contribution is 1.97. The summed E-state index contributed by atoms with van der Waals surface area (Å²) in [5, 5.41) is 5.06. The van der Waals surface area contributed by atoms with Crippen LogP contribution in [0.1, 0.15) is 0 Å². The predicted octanol–water partition coefficient (Wildman–Crippen LogP) is 3.70. The highest BCUT2D eigenvalue weighted by atomic mass is 79.9. The maximum absolute atomic E-state index is 3.47. The van der Waals surface area contributed by atoms with E-state index in [1.165, 1.54) is 6.79 Å². The summed E-state index contributed by atoms with van der Waals surface area (Å²) in [6.45, 7) is 0. The van der Waals surface area contributed by atoms with Crippen molar-refractivity contribution in [2.24, 2.45) is 0 Å². The van der Waals surface area contributed by atoms with Gasteiger partial charge in [0.2, 0.25) is 0 Å². The van der Waals surface area contributed by atoms with Crippen LogP contribution in [0.5, 0.6) is 0 Å². The van der Waals surface area contributed by atoms with Gasteiger partial charge in [0, 0.05) is 5.38 Å². The van der Waals surface area contributed by atoms with E-state index in [9.17, 15) is 0 Å². The molecule has 0 fully saturated rings. The van der Waals surface area contributed by atoms with Gasteiger partial charge in [-0.25, -0.2) is 0 Å². The third-order valence-corrected chi connectivity index (χ3v) is 7.57. The zero-order valence-electron chi connectivity index (χ0n) is 6.67. The van der Waals surface area contributed by atoms with Gasteiger partial charge in [0.25, 0.3) is 0 Å². The van der Waals surface area contributed by atoms with Gasteiger partial charge >= 0.3 is 18.2 Å². The molecule has 0 spiro atoms. The van der Waals surface area contributed by atoms with Crippen molar-refractivity contribution in [3.8, 4) is 0 Å². The third-order valence-electron chi connectivity index (χ3n) is 1.15. The second-order valence-electron chi connectivity index (χ2n) is 2.07. The molecule has 1 radical (unpaired) electrons. The first-order valence-corrected chi connectivity index (χ1v) is 10.6. The van der Waals surface area contributed by atoms with Gasteiger partial charge in [-0.15, -0.1) is 14.3 Å². The summed E-state index contributed by atoms with van der Waals surface area (Å²) in [5.41, 5.74) is 0. The highest BCUT2D eigenvalue weighted by molar-refractivity contribution is 9.23. The normalized spacial score (nSPS) is 8.46. The van der Waals surface area contributed by atoms with E-state index in [2.05, 4.69) is 40.3 Å². The molecule has 0 amide bonds. The van der Waals surface area contributed by atoms with E-state index < -0.39 is 0 Å². The van der Waals surface area contributed by atoms with E-state index in [0.29, 0.717) is 0 Å². The molecule has 0 atom stereocenters. The van der Waals surface area contributed by atoms with Gasteiger partial charge in [-0.2, -0.15) is 11.3 Å². The molecular formula is C8H5Br2MgS2. The minimum absolute atomic E-state index is 0.0667. The third kappa shape index (κ3) is 5.54. The van der Waals surface area contributed by atoms with Crippen molar-refractivity contribution >= 4 is 72.7 Å². The molecule has 2 aromatic heterocycles. The number of rotatable bonds is 1. The van der Waals surface area contributed by atoms with Crippen molar-refractivity contribution in [1.29, 1.82) is 0 Å². The predicted molar refractivity (Wildman–Crippen MR) is 69.5 cm³/mol. The Kier molecular flexibility index (Phi) is 6.96. The Balaban J connectivity index is 0.000000132. The van der Waals surface area contributed by atoms with Crippen LogP contribution in [0.2, 0.25) is 0 Å². The van der Waals surface area contributed by atoms with Gasteiger partial charge in [-0.3, -0.25) is 12.9 Å². The van der Waals surface area contributed by atoms with Crippen LogP contribution in [0.25, 0.3) is 0 Å². The van der Waals surface area contributed by atoms with E-state index >= 15 is 0 Å². The molecule has 0 N–H and O–H groups in total. The first kappa shape index (κ1) is 12.2. The van der Waals surface area contributed by atoms with E-state index in [1.807, 2.05) is 23.6 Å². The van der Waals surface area contributed by atoms with Gasteiger partial charge in [-0.05, 0) is 33.4 Å². The van der Waals surface area contributed by atoms with Crippen LogP contribution in [0, 0.1) is 5.38 Å². The minimum Gasteiger partial charge on any atom is -0.295 e. The smallest absolute Gasteiger partial charge is 0.295 e. The molecular weight excluding hydrogens is 344 g/mol. The van der Waals surface area contributed by atoms with Crippen molar-refractivity contribution in [2.75, 3.05) is 0 Å². The summed E-state index contributed by atoms with van der Waals surface area (Å²) in [6.07, 6.45) is 0. The topological polar surface area (TPSA) is 0 Å². The molecule has 0 aliphatic carbocycles. The summed E-state index contributed by atoms with van der Waals surface area (Å²) < 4.78 is 2.67. The Morgan fingerprint density at radius 3 is 2.46 bits per heavy atom. The molecule has 65 valence electrons. The Morgan fingerprint density at radius 2 is 2.23 bits per heavy atom. The van der Waals surface area contributed by atoms with Crippen LogP contribution >= 0.6 is 51.5 Å². The lowest BCUT2D eigenvalue weighted by atomic mass is 10.7. The molecule has 13 heavy (non-hydrogen) atoms. The number of halogens is 2. The second-order valence-corrected chi connectivity index (χ2v) is 8.59. The largest absolute Gasteiger partial charge is 0.522 e. The first-order valence-electron chi connectivity index (χ1n) is 3.52. The summed E-state index contributed by atoms with van der Waals surface area (Å²) >= 11 is 10.1. The highest BCUT2D eigenvalue weighted by Crippen LogP contribution is 2.14. The molecule has 2 rings (SSSR count). The maximum Gasteiger partial charge on any atom is 0.522 e. The molecule has 0 aromatic carbocycles.